The van der Waals surface area contributed by atoms with Gasteiger partial charge >= 0.3 is 0 Å². The van der Waals surface area contributed by atoms with Gasteiger partial charge in [-0.15, -0.1) is 0 Å². The van der Waals surface area contributed by atoms with Crippen LogP contribution in [-0.4, -0.2) is 19.9 Å². The number of nitrogens with zero attached hydrogens (tertiary/aromatic N) is 3. The van der Waals surface area contributed by atoms with Gasteiger partial charge in [-0.2, -0.15) is 0 Å². The molecule has 0 radical (unpaired) electrons. The average molecular weight is 203 g/mol. The predicted molar refractivity (Wildman–Crippen MR) is 55.9 cm³/mol. The quantitative estimate of drug-likeness (QED) is 0.779. The average Bonchev–Trinajstić information content (AvgIpc) is 2.80. The van der Waals surface area contributed by atoms with Gasteiger partial charge in [0.25, 0.3) is 0 Å². The maximum Gasteiger partial charge on any atom is 0.0922 e. The summed E-state index contributed by atoms with van der Waals surface area (Å²) < 4.78 is 0. The molecule has 0 spiro atoms. The van der Waals surface area contributed by atoms with Crippen molar-refractivity contribution < 1.29 is 0 Å². The summed E-state index contributed by atoms with van der Waals surface area (Å²) in [4.78, 5) is 15.2. The van der Waals surface area contributed by atoms with Gasteiger partial charge in [0.2, 0.25) is 0 Å². The first kappa shape index (κ1) is 9.79. The highest BCUT2D eigenvalue weighted by Crippen LogP contribution is 2.07. The van der Waals surface area contributed by atoms with Crippen molar-refractivity contribution in [3.8, 4) is 0 Å². The third kappa shape index (κ3) is 2.60. The van der Waals surface area contributed by atoms with E-state index >= 15 is 0 Å². The third-order valence-corrected chi connectivity index (χ3v) is 2.18. The van der Waals surface area contributed by atoms with E-state index in [-0.39, 0.29) is 6.04 Å². The molecule has 0 aliphatic heterocycles. The smallest absolute Gasteiger partial charge is 0.0922 e. The Bertz CT molecular complexity index is 383. The summed E-state index contributed by atoms with van der Waals surface area (Å²) >= 11 is 0. The molecule has 0 aromatic carbocycles. The van der Waals surface area contributed by atoms with Crippen LogP contribution in [0.3, 0.4) is 0 Å². The van der Waals surface area contributed by atoms with Gasteiger partial charge in [-0.3, -0.25) is 9.97 Å². The zero-order valence-electron chi connectivity index (χ0n) is 8.51. The molecule has 0 saturated carbocycles. The van der Waals surface area contributed by atoms with Crippen LogP contribution in [0, 0.1) is 0 Å². The Kier molecular flexibility index (Phi) is 3.04. The van der Waals surface area contributed by atoms with Crippen LogP contribution in [0.15, 0.2) is 31.1 Å². The normalized spacial score (nSPS) is 12.6. The minimum absolute atomic E-state index is 0.182. The largest absolute Gasteiger partial charge is 0.347 e. The number of rotatable bonds is 4. The molecule has 2 aromatic rings. The number of hydrogen-bond acceptors (Lipinski definition) is 4. The number of imidazole rings is 1. The molecule has 0 fully saturated rings. The monoisotopic (exact) mass is 203 g/mol. The Balaban J connectivity index is 1.90. The Morgan fingerprint density at radius 1 is 1.33 bits per heavy atom. The Morgan fingerprint density at radius 3 is 2.93 bits per heavy atom. The maximum atomic E-state index is 4.23. The molecule has 0 saturated heterocycles. The van der Waals surface area contributed by atoms with E-state index < -0.39 is 0 Å². The van der Waals surface area contributed by atoms with Gasteiger partial charge in [0.05, 0.1) is 12.0 Å². The van der Waals surface area contributed by atoms with Crippen molar-refractivity contribution in [3.05, 3.63) is 42.5 Å². The second kappa shape index (κ2) is 4.65. The standard InChI is InChI=1S/C10H13N5/c1-8(10-6-11-2-3-13-10)14-5-9-4-12-7-15-9/h2-4,6-8,14H,5H2,1H3,(H,12,15). The second-order valence-electron chi connectivity index (χ2n) is 3.31. The summed E-state index contributed by atoms with van der Waals surface area (Å²) in [5.74, 6) is 0. The molecule has 78 valence electrons. The van der Waals surface area contributed by atoms with Crippen molar-refractivity contribution in [2.75, 3.05) is 0 Å². The lowest BCUT2D eigenvalue weighted by molar-refractivity contribution is 0.554. The summed E-state index contributed by atoms with van der Waals surface area (Å²) in [6.07, 6.45) is 8.61. The SMILES string of the molecule is CC(NCc1cnc[nH]1)c1cnccn1. The van der Waals surface area contributed by atoms with Crippen LogP contribution in [0.25, 0.3) is 0 Å². The van der Waals surface area contributed by atoms with Gasteiger partial charge in [0, 0.05) is 43.1 Å². The molecule has 0 amide bonds. The zero-order chi connectivity index (χ0) is 10.5. The summed E-state index contributed by atoms with van der Waals surface area (Å²) in [6.45, 7) is 2.80. The van der Waals surface area contributed by atoms with Crippen LogP contribution in [0.5, 0.6) is 0 Å². The van der Waals surface area contributed by atoms with Crippen molar-refractivity contribution in [2.45, 2.75) is 19.5 Å². The lowest BCUT2D eigenvalue weighted by Crippen LogP contribution is -2.19. The molecule has 0 aliphatic carbocycles. The molecule has 2 rings (SSSR count). The Hall–Kier alpha value is -1.75. The van der Waals surface area contributed by atoms with E-state index in [2.05, 4.69) is 32.2 Å². The number of aromatic nitrogens is 4. The molecule has 1 atom stereocenters. The number of nitrogens with one attached hydrogen (secondary N) is 2. The predicted octanol–water partition coefficient (Wildman–Crippen LogP) is 1.05. The molecule has 2 aromatic heterocycles. The van der Waals surface area contributed by atoms with E-state index in [1.807, 2.05) is 0 Å². The summed E-state index contributed by atoms with van der Waals surface area (Å²) in [5.41, 5.74) is 2.00. The lowest BCUT2D eigenvalue weighted by Gasteiger charge is -2.11. The maximum absolute atomic E-state index is 4.23. The van der Waals surface area contributed by atoms with Gasteiger partial charge in [0.1, 0.15) is 0 Å². The van der Waals surface area contributed by atoms with Crippen molar-refractivity contribution in [2.24, 2.45) is 0 Å². The van der Waals surface area contributed by atoms with Crippen LogP contribution >= 0.6 is 0 Å². The highest BCUT2D eigenvalue weighted by Gasteiger charge is 2.05. The highest BCUT2D eigenvalue weighted by molar-refractivity contribution is 5.02. The van der Waals surface area contributed by atoms with Crippen molar-refractivity contribution in [1.29, 1.82) is 0 Å². The molecule has 15 heavy (non-hydrogen) atoms. The van der Waals surface area contributed by atoms with Crippen molar-refractivity contribution in [3.63, 3.8) is 0 Å². The number of aromatic amines is 1. The zero-order valence-corrected chi connectivity index (χ0v) is 8.51. The molecular weight excluding hydrogens is 190 g/mol. The van der Waals surface area contributed by atoms with Gasteiger partial charge < -0.3 is 10.3 Å². The molecule has 0 bridgehead atoms. The Morgan fingerprint density at radius 2 is 2.27 bits per heavy atom. The Labute approximate surface area is 88.0 Å². The van der Waals surface area contributed by atoms with E-state index in [1.165, 1.54) is 0 Å². The minimum atomic E-state index is 0.182. The van der Waals surface area contributed by atoms with Crippen LogP contribution in [0.2, 0.25) is 0 Å². The summed E-state index contributed by atoms with van der Waals surface area (Å²) in [5, 5.41) is 3.33. The van der Waals surface area contributed by atoms with Gasteiger partial charge in [0.15, 0.2) is 0 Å². The lowest BCUT2D eigenvalue weighted by atomic mass is 10.2. The van der Waals surface area contributed by atoms with Crippen molar-refractivity contribution >= 4 is 0 Å². The van der Waals surface area contributed by atoms with Gasteiger partial charge in [-0.05, 0) is 6.92 Å². The van der Waals surface area contributed by atoms with Gasteiger partial charge in [-0.25, -0.2) is 4.98 Å². The molecule has 5 nitrogen and oxygen atoms in total. The van der Waals surface area contributed by atoms with E-state index in [9.17, 15) is 0 Å². The molecule has 5 heteroatoms. The molecular formula is C10H13N5. The molecule has 0 aliphatic rings. The molecule has 1 unspecified atom stereocenters. The van der Waals surface area contributed by atoms with Crippen LogP contribution in [0.4, 0.5) is 0 Å². The van der Waals surface area contributed by atoms with E-state index in [0.29, 0.717) is 0 Å². The van der Waals surface area contributed by atoms with Crippen LogP contribution in [-0.2, 0) is 6.54 Å². The summed E-state index contributed by atoms with van der Waals surface area (Å²) in [7, 11) is 0. The van der Waals surface area contributed by atoms with Crippen LogP contribution in [0.1, 0.15) is 24.4 Å². The van der Waals surface area contributed by atoms with E-state index in [0.717, 1.165) is 17.9 Å². The second-order valence-corrected chi connectivity index (χ2v) is 3.31. The topological polar surface area (TPSA) is 66.5 Å². The third-order valence-electron chi connectivity index (χ3n) is 2.18. The first-order valence-electron chi connectivity index (χ1n) is 4.83. The fraction of sp³-hybridized carbons (Fsp3) is 0.300. The first-order valence-corrected chi connectivity index (χ1v) is 4.83. The number of H-pyrrole nitrogens is 1. The van der Waals surface area contributed by atoms with Crippen molar-refractivity contribution in [1.82, 2.24) is 25.3 Å². The minimum Gasteiger partial charge on any atom is -0.347 e. The fourth-order valence-corrected chi connectivity index (χ4v) is 1.28. The number of hydrogen-bond donors (Lipinski definition) is 2. The highest BCUT2D eigenvalue weighted by atomic mass is 15.0. The molecule has 2 heterocycles. The van der Waals surface area contributed by atoms with E-state index in [1.54, 1.807) is 31.1 Å². The van der Waals surface area contributed by atoms with Crippen LogP contribution < -0.4 is 5.32 Å². The summed E-state index contributed by atoms with van der Waals surface area (Å²) in [6, 6.07) is 0.182. The first-order chi connectivity index (χ1) is 7.36. The fourth-order valence-electron chi connectivity index (χ4n) is 1.28. The van der Waals surface area contributed by atoms with Gasteiger partial charge in [-0.1, -0.05) is 0 Å². The van der Waals surface area contributed by atoms with E-state index in [4.69, 9.17) is 0 Å². The molecule has 2 N–H and O–H groups in total.